The lowest BCUT2D eigenvalue weighted by atomic mass is 10.1. The van der Waals surface area contributed by atoms with Crippen molar-refractivity contribution < 1.29 is 14.3 Å². The van der Waals surface area contributed by atoms with E-state index in [4.69, 9.17) is 9.47 Å². The van der Waals surface area contributed by atoms with Crippen molar-refractivity contribution in [3.8, 4) is 0 Å². The fourth-order valence-electron chi connectivity index (χ4n) is 1.73. The highest BCUT2D eigenvalue weighted by Gasteiger charge is 2.15. The normalized spacial score (nSPS) is 21.6. The van der Waals surface area contributed by atoms with Crippen LogP contribution in [-0.2, 0) is 14.3 Å². The van der Waals surface area contributed by atoms with E-state index >= 15 is 0 Å². The third-order valence-corrected chi connectivity index (χ3v) is 2.59. The lowest BCUT2D eigenvalue weighted by molar-refractivity contribution is -0.121. The van der Waals surface area contributed by atoms with Crippen molar-refractivity contribution in [1.82, 2.24) is 10.6 Å². The third-order valence-electron chi connectivity index (χ3n) is 2.59. The van der Waals surface area contributed by atoms with E-state index in [0.717, 1.165) is 25.9 Å². The largest absolute Gasteiger partial charge is 0.382 e. The minimum absolute atomic E-state index is 0.148. The van der Waals surface area contributed by atoms with E-state index in [2.05, 4.69) is 10.6 Å². The summed E-state index contributed by atoms with van der Waals surface area (Å²) in [6, 6.07) is 0.300. The number of hydrogen-bond donors (Lipinski definition) is 2. The number of methoxy groups -OCH3 is 1. The fraction of sp³-hybridized carbons (Fsp3) is 0.909. The molecular formula is C11H22N2O3. The summed E-state index contributed by atoms with van der Waals surface area (Å²) >= 11 is 0. The molecule has 94 valence electrons. The Hall–Kier alpha value is -0.650. The maximum absolute atomic E-state index is 11.3. The van der Waals surface area contributed by atoms with Crippen molar-refractivity contribution in [3.63, 3.8) is 0 Å². The molecule has 1 saturated heterocycles. The predicted octanol–water partition coefficient (Wildman–Crippen LogP) is -0.0923. The minimum atomic E-state index is 0.148. The van der Waals surface area contributed by atoms with E-state index in [1.165, 1.54) is 0 Å². The smallest absolute Gasteiger partial charge is 0.221 e. The topological polar surface area (TPSA) is 59.6 Å². The van der Waals surface area contributed by atoms with Gasteiger partial charge < -0.3 is 20.1 Å². The molecule has 1 amide bonds. The predicted molar refractivity (Wildman–Crippen MR) is 61.3 cm³/mol. The molecule has 16 heavy (non-hydrogen) atoms. The molecule has 1 heterocycles. The summed E-state index contributed by atoms with van der Waals surface area (Å²) in [5.74, 6) is 0.148. The first-order valence-corrected chi connectivity index (χ1v) is 5.89. The molecule has 2 N–H and O–H groups in total. The van der Waals surface area contributed by atoms with Gasteiger partial charge >= 0.3 is 0 Å². The molecule has 1 atom stereocenters. The molecule has 0 aromatic carbocycles. The average molecular weight is 230 g/mol. The highest BCUT2D eigenvalue weighted by molar-refractivity contribution is 5.76. The summed E-state index contributed by atoms with van der Waals surface area (Å²) in [6.07, 6.45) is 2.68. The molecule has 1 aliphatic rings. The number of amides is 1. The standard InChI is InChI=1S/C11H22N2O3/c1-15-7-8-16-6-5-12-10-3-2-4-13-11(14)9-10/h10,12H,2-9H2,1H3,(H,13,14). The summed E-state index contributed by atoms with van der Waals surface area (Å²) in [6.45, 7) is 3.53. The quantitative estimate of drug-likeness (QED) is 0.600. The average Bonchev–Trinajstić information content (AvgIpc) is 2.48. The Labute approximate surface area is 96.9 Å². The number of ether oxygens (including phenoxy) is 2. The third kappa shape index (κ3) is 6.05. The van der Waals surface area contributed by atoms with E-state index in [-0.39, 0.29) is 5.91 Å². The second-order valence-corrected chi connectivity index (χ2v) is 3.95. The summed E-state index contributed by atoms with van der Waals surface area (Å²) in [4.78, 5) is 11.3. The van der Waals surface area contributed by atoms with Crippen molar-refractivity contribution >= 4 is 5.91 Å². The molecule has 0 saturated carbocycles. The first-order valence-electron chi connectivity index (χ1n) is 5.89. The SMILES string of the molecule is COCCOCCNC1CCCNC(=O)C1. The highest BCUT2D eigenvalue weighted by Crippen LogP contribution is 2.05. The van der Waals surface area contributed by atoms with Gasteiger partial charge in [0.25, 0.3) is 0 Å². The van der Waals surface area contributed by atoms with Crippen LogP contribution in [0.15, 0.2) is 0 Å². The van der Waals surface area contributed by atoms with Crippen LogP contribution < -0.4 is 10.6 Å². The Morgan fingerprint density at radius 3 is 3.12 bits per heavy atom. The Kier molecular flexibility index (Phi) is 7.12. The molecule has 0 aromatic heterocycles. The molecule has 1 aliphatic heterocycles. The zero-order valence-corrected chi connectivity index (χ0v) is 9.96. The molecule has 1 unspecified atom stereocenters. The number of carbonyl (C=O) groups excluding carboxylic acids is 1. The number of nitrogens with one attached hydrogen (secondary N) is 2. The van der Waals surface area contributed by atoms with Gasteiger partial charge in [0.2, 0.25) is 5.91 Å². The van der Waals surface area contributed by atoms with E-state index in [0.29, 0.717) is 32.3 Å². The van der Waals surface area contributed by atoms with Gasteiger partial charge in [-0.1, -0.05) is 0 Å². The van der Waals surface area contributed by atoms with Gasteiger partial charge in [0, 0.05) is 32.7 Å². The number of carbonyl (C=O) groups is 1. The Bertz CT molecular complexity index is 200. The molecule has 0 aliphatic carbocycles. The summed E-state index contributed by atoms with van der Waals surface area (Å²) in [7, 11) is 1.66. The van der Waals surface area contributed by atoms with Crippen LogP contribution in [-0.4, -0.2) is 52.0 Å². The van der Waals surface area contributed by atoms with Crippen LogP contribution in [0.4, 0.5) is 0 Å². The van der Waals surface area contributed by atoms with Gasteiger partial charge in [0.1, 0.15) is 0 Å². The second kappa shape index (κ2) is 8.50. The van der Waals surface area contributed by atoms with Crippen LogP contribution in [0.5, 0.6) is 0 Å². The van der Waals surface area contributed by atoms with Gasteiger partial charge in [0.05, 0.1) is 19.8 Å². The molecule has 0 spiro atoms. The van der Waals surface area contributed by atoms with Crippen LogP contribution >= 0.6 is 0 Å². The molecule has 1 rings (SSSR count). The summed E-state index contributed by atoms with van der Waals surface area (Å²) in [5, 5.41) is 6.21. The van der Waals surface area contributed by atoms with E-state index in [1.54, 1.807) is 7.11 Å². The molecule has 1 fully saturated rings. The van der Waals surface area contributed by atoms with Gasteiger partial charge in [-0.05, 0) is 12.8 Å². The lowest BCUT2D eigenvalue weighted by Crippen LogP contribution is -2.34. The zero-order chi connectivity index (χ0) is 11.6. The fourth-order valence-corrected chi connectivity index (χ4v) is 1.73. The molecule has 0 radical (unpaired) electrons. The van der Waals surface area contributed by atoms with E-state index in [9.17, 15) is 4.79 Å². The van der Waals surface area contributed by atoms with Gasteiger partial charge in [-0.3, -0.25) is 4.79 Å². The van der Waals surface area contributed by atoms with Gasteiger partial charge in [0.15, 0.2) is 0 Å². The van der Waals surface area contributed by atoms with Crippen molar-refractivity contribution in [3.05, 3.63) is 0 Å². The van der Waals surface area contributed by atoms with Crippen LogP contribution in [0.3, 0.4) is 0 Å². The van der Waals surface area contributed by atoms with Crippen molar-refractivity contribution in [2.45, 2.75) is 25.3 Å². The van der Waals surface area contributed by atoms with Crippen molar-refractivity contribution in [1.29, 1.82) is 0 Å². The molecular weight excluding hydrogens is 208 g/mol. The maximum Gasteiger partial charge on any atom is 0.221 e. The Morgan fingerprint density at radius 2 is 2.31 bits per heavy atom. The van der Waals surface area contributed by atoms with Crippen LogP contribution in [0, 0.1) is 0 Å². The van der Waals surface area contributed by atoms with Crippen molar-refractivity contribution in [2.75, 3.05) is 40.0 Å². The first kappa shape index (κ1) is 13.4. The van der Waals surface area contributed by atoms with Gasteiger partial charge in [-0.15, -0.1) is 0 Å². The van der Waals surface area contributed by atoms with Gasteiger partial charge in [-0.25, -0.2) is 0 Å². The second-order valence-electron chi connectivity index (χ2n) is 3.95. The van der Waals surface area contributed by atoms with E-state index < -0.39 is 0 Å². The molecule has 5 nitrogen and oxygen atoms in total. The minimum Gasteiger partial charge on any atom is -0.382 e. The number of hydrogen-bond acceptors (Lipinski definition) is 4. The maximum atomic E-state index is 11.3. The molecule has 0 bridgehead atoms. The molecule has 5 heteroatoms. The monoisotopic (exact) mass is 230 g/mol. The Morgan fingerprint density at radius 1 is 1.44 bits per heavy atom. The van der Waals surface area contributed by atoms with Crippen LogP contribution in [0.2, 0.25) is 0 Å². The number of rotatable bonds is 7. The van der Waals surface area contributed by atoms with Gasteiger partial charge in [-0.2, -0.15) is 0 Å². The first-order chi connectivity index (χ1) is 7.83. The zero-order valence-electron chi connectivity index (χ0n) is 9.96. The van der Waals surface area contributed by atoms with Crippen LogP contribution in [0.25, 0.3) is 0 Å². The summed E-state index contributed by atoms with van der Waals surface area (Å²) in [5.41, 5.74) is 0. The summed E-state index contributed by atoms with van der Waals surface area (Å²) < 4.78 is 10.2. The van der Waals surface area contributed by atoms with E-state index in [1.807, 2.05) is 0 Å². The van der Waals surface area contributed by atoms with Crippen LogP contribution in [0.1, 0.15) is 19.3 Å². The lowest BCUT2D eigenvalue weighted by Gasteiger charge is -2.14. The Balaban J connectivity index is 2.00. The molecule has 0 aromatic rings. The van der Waals surface area contributed by atoms with Crippen molar-refractivity contribution in [2.24, 2.45) is 0 Å². The highest BCUT2D eigenvalue weighted by atomic mass is 16.5.